The zero-order valence-corrected chi connectivity index (χ0v) is 12.4. The van der Waals surface area contributed by atoms with Crippen molar-refractivity contribution in [3.63, 3.8) is 0 Å². The van der Waals surface area contributed by atoms with Crippen molar-refractivity contribution >= 4 is 5.91 Å². The van der Waals surface area contributed by atoms with E-state index in [-0.39, 0.29) is 17.5 Å². The lowest BCUT2D eigenvalue weighted by Crippen LogP contribution is -2.35. The number of nitrogens with zero attached hydrogens (tertiary/aromatic N) is 2. The molecule has 0 aliphatic carbocycles. The minimum atomic E-state index is -0.272. The third kappa shape index (κ3) is 3.61. The Balaban J connectivity index is 2.05. The lowest BCUT2D eigenvalue weighted by Gasteiger charge is -2.22. The summed E-state index contributed by atoms with van der Waals surface area (Å²) in [5.74, 6) is 0.510. The first-order chi connectivity index (χ1) is 9.99. The highest BCUT2D eigenvalue weighted by atomic mass is 16.3. The van der Waals surface area contributed by atoms with E-state index in [1.165, 1.54) is 10.6 Å². The maximum atomic E-state index is 12.1. The van der Waals surface area contributed by atoms with E-state index in [1.807, 2.05) is 31.1 Å². The molecule has 1 atom stereocenters. The molecule has 0 saturated heterocycles. The van der Waals surface area contributed by atoms with E-state index in [4.69, 9.17) is 4.42 Å². The molecule has 0 fully saturated rings. The van der Waals surface area contributed by atoms with Gasteiger partial charge in [0.15, 0.2) is 0 Å². The van der Waals surface area contributed by atoms with E-state index in [1.54, 1.807) is 25.6 Å². The Kier molecular flexibility index (Phi) is 4.59. The van der Waals surface area contributed by atoms with Gasteiger partial charge in [0.2, 0.25) is 0 Å². The zero-order chi connectivity index (χ0) is 15.4. The van der Waals surface area contributed by atoms with Crippen molar-refractivity contribution in [2.24, 2.45) is 7.05 Å². The summed E-state index contributed by atoms with van der Waals surface area (Å²) in [4.78, 5) is 25.6. The third-order valence-electron chi connectivity index (χ3n) is 3.32. The molecule has 0 aliphatic heterocycles. The number of amides is 1. The topological polar surface area (TPSA) is 67.5 Å². The van der Waals surface area contributed by atoms with E-state index in [2.05, 4.69) is 5.32 Å². The average molecular weight is 289 g/mol. The normalized spacial score (nSPS) is 12.4. The van der Waals surface area contributed by atoms with Crippen molar-refractivity contribution in [2.45, 2.75) is 6.04 Å². The first-order valence-electron chi connectivity index (χ1n) is 6.63. The highest BCUT2D eigenvalue weighted by Gasteiger charge is 2.18. The maximum absolute atomic E-state index is 12.1. The number of aryl methyl sites for hydroxylation is 1. The number of hydrogen-bond acceptors (Lipinski definition) is 4. The van der Waals surface area contributed by atoms with Crippen LogP contribution in [0.25, 0.3) is 0 Å². The van der Waals surface area contributed by atoms with Crippen molar-refractivity contribution in [3.8, 4) is 0 Å². The Morgan fingerprint density at radius 3 is 2.76 bits per heavy atom. The standard InChI is InChI=1S/C15H19N3O3/c1-17(2)12(13-5-4-8-21-13)10-16-15(20)11-6-7-18(3)14(19)9-11/h4-9,12H,10H2,1-3H3,(H,16,20)/t12-/m1/s1. The molecule has 2 heterocycles. The lowest BCUT2D eigenvalue weighted by molar-refractivity contribution is 0.0938. The third-order valence-corrected chi connectivity index (χ3v) is 3.32. The zero-order valence-electron chi connectivity index (χ0n) is 12.4. The number of carbonyl (C=O) groups excluding carboxylic acids is 1. The molecular formula is C15H19N3O3. The van der Waals surface area contributed by atoms with Gasteiger partial charge in [0.05, 0.1) is 12.3 Å². The molecule has 2 aromatic heterocycles. The van der Waals surface area contributed by atoms with E-state index in [0.29, 0.717) is 12.1 Å². The van der Waals surface area contributed by atoms with Crippen molar-refractivity contribution in [3.05, 3.63) is 58.4 Å². The van der Waals surface area contributed by atoms with Gasteiger partial charge in [-0.15, -0.1) is 0 Å². The molecule has 6 heteroatoms. The second kappa shape index (κ2) is 6.41. The molecule has 0 aliphatic rings. The lowest BCUT2D eigenvalue weighted by atomic mass is 10.2. The largest absolute Gasteiger partial charge is 0.468 e. The number of aromatic nitrogens is 1. The summed E-state index contributed by atoms with van der Waals surface area (Å²) in [6.45, 7) is 0.397. The fourth-order valence-electron chi connectivity index (χ4n) is 2.00. The van der Waals surface area contributed by atoms with Crippen LogP contribution in [0, 0.1) is 0 Å². The molecule has 2 aromatic rings. The van der Waals surface area contributed by atoms with Gasteiger partial charge < -0.3 is 14.3 Å². The molecule has 112 valence electrons. The molecule has 1 amide bonds. The van der Waals surface area contributed by atoms with Gasteiger partial charge in [-0.25, -0.2) is 0 Å². The van der Waals surface area contributed by atoms with Gasteiger partial charge in [-0.1, -0.05) is 0 Å². The Morgan fingerprint density at radius 2 is 2.19 bits per heavy atom. The molecule has 2 rings (SSSR count). The predicted octanol–water partition coefficient (Wildman–Crippen LogP) is 1.01. The maximum Gasteiger partial charge on any atom is 0.251 e. The van der Waals surface area contributed by atoms with Crippen LogP contribution in [0.5, 0.6) is 0 Å². The van der Waals surface area contributed by atoms with Crippen LogP contribution < -0.4 is 10.9 Å². The highest BCUT2D eigenvalue weighted by Crippen LogP contribution is 2.17. The number of carbonyl (C=O) groups is 1. The summed E-state index contributed by atoms with van der Waals surface area (Å²) in [5.41, 5.74) is 0.146. The quantitative estimate of drug-likeness (QED) is 0.892. The average Bonchev–Trinajstić information content (AvgIpc) is 2.95. The van der Waals surface area contributed by atoms with Crippen LogP contribution in [0.15, 0.2) is 45.9 Å². The first-order valence-corrected chi connectivity index (χ1v) is 6.63. The van der Waals surface area contributed by atoms with Crippen molar-refractivity contribution in [2.75, 3.05) is 20.6 Å². The minimum absolute atomic E-state index is 0.0597. The second-order valence-electron chi connectivity index (χ2n) is 5.07. The van der Waals surface area contributed by atoms with Crippen LogP contribution in [0.4, 0.5) is 0 Å². The summed E-state index contributed by atoms with van der Waals surface area (Å²) in [6.07, 6.45) is 3.18. The number of pyridine rings is 1. The fraction of sp³-hybridized carbons (Fsp3) is 0.333. The molecule has 0 radical (unpaired) electrons. The van der Waals surface area contributed by atoms with E-state index < -0.39 is 0 Å². The number of furan rings is 1. The van der Waals surface area contributed by atoms with Crippen LogP contribution in [-0.2, 0) is 7.05 Å². The smallest absolute Gasteiger partial charge is 0.251 e. The van der Waals surface area contributed by atoms with Gasteiger partial charge in [-0.05, 0) is 32.3 Å². The monoisotopic (exact) mass is 289 g/mol. The molecule has 0 saturated carbocycles. The molecular weight excluding hydrogens is 270 g/mol. The summed E-state index contributed by atoms with van der Waals surface area (Å²) in [7, 11) is 5.47. The predicted molar refractivity (Wildman–Crippen MR) is 79.2 cm³/mol. The molecule has 21 heavy (non-hydrogen) atoms. The number of hydrogen-bond donors (Lipinski definition) is 1. The van der Waals surface area contributed by atoms with Crippen LogP contribution in [-0.4, -0.2) is 36.0 Å². The molecule has 1 N–H and O–H groups in total. The summed E-state index contributed by atoms with van der Waals surface area (Å²) < 4.78 is 6.80. The second-order valence-corrected chi connectivity index (χ2v) is 5.07. The summed E-state index contributed by atoms with van der Waals surface area (Å²) in [5, 5.41) is 2.83. The Labute approximate surface area is 123 Å². The summed E-state index contributed by atoms with van der Waals surface area (Å²) >= 11 is 0. The number of nitrogens with one attached hydrogen (secondary N) is 1. The Bertz CT molecular complexity index is 659. The van der Waals surface area contributed by atoms with Crippen LogP contribution in [0.3, 0.4) is 0 Å². The minimum Gasteiger partial charge on any atom is -0.468 e. The molecule has 6 nitrogen and oxygen atoms in total. The Hall–Kier alpha value is -2.34. The molecule has 0 aromatic carbocycles. The van der Waals surface area contributed by atoms with Crippen LogP contribution in [0.2, 0.25) is 0 Å². The Morgan fingerprint density at radius 1 is 1.43 bits per heavy atom. The van der Waals surface area contributed by atoms with Gasteiger partial charge >= 0.3 is 0 Å². The highest BCUT2D eigenvalue weighted by molar-refractivity contribution is 5.93. The summed E-state index contributed by atoms with van der Waals surface area (Å²) in [6, 6.07) is 6.57. The number of likely N-dealkylation sites (N-methyl/N-ethyl adjacent to an activating group) is 1. The van der Waals surface area contributed by atoms with Crippen molar-refractivity contribution in [1.82, 2.24) is 14.8 Å². The van der Waals surface area contributed by atoms with Crippen molar-refractivity contribution < 1.29 is 9.21 Å². The van der Waals surface area contributed by atoms with Gasteiger partial charge in [-0.2, -0.15) is 0 Å². The molecule has 0 unspecified atom stereocenters. The first kappa shape index (κ1) is 15.1. The van der Waals surface area contributed by atoms with Gasteiger partial charge in [-0.3, -0.25) is 14.5 Å². The van der Waals surface area contributed by atoms with E-state index >= 15 is 0 Å². The van der Waals surface area contributed by atoms with Crippen LogP contribution >= 0.6 is 0 Å². The molecule has 0 spiro atoms. The van der Waals surface area contributed by atoms with E-state index in [0.717, 1.165) is 5.76 Å². The van der Waals surface area contributed by atoms with Gasteiger partial charge in [0, 0.05) is 31.4 Å². The van der Waals surface area contributed by atoms with E-state index in [9.17, 15) is 9.59 Å². The fourth-order valence-corrected chi connectivity index (χ4v) is 2.00. The van der Waals surface area contributed by atoms with Gasteiger partial charge in [0.1, 0.15) is 5.76 Å². The SMILES string of the molecule is CN(C)[C@H](CNC(=O)c1ccn(C)c(=O)c1)c1ccco1. The van der Waals surface area contributed by atoms with Gasteiger partial charge in [0.25, 0.3) is 11.5 Å². The molecule has 0 bridgehead atoms. The van der Waals surface area contributed by atoms with Crippen molar-refractivity contribution in [1.29, 1.82) is 0 Å². The number of rotatable bonds is 5. The van der Waals surface area contributed by atoms with Crippen LogP contribution in [0.1, 0.15) is 22.2 Å².